The molecule has 0 saturated heterocycles. The van der Waals surface area contributed by atoms with E-state index in [2.05, 4.69) is 27.2 Å². The van der Waals surface area contributed by atoms with E-state index < -0.39 is 17.6 Å². The zero-order valence-electron chi connectivity index (χ0n) is 18.7. The van der Waals surface area contributed by atoms with Gasteiger partial charge in [-0.15, -0.1) is 0 Å². The quantitative estimate of drug-likeness (QED) is 0.532. The van der Waals surface area contributed by atoms with E-state index in [1.165, 1.54) is 26.4 Å². The highest BCUT2D eigenvalue weighted by Crippen LogP contribution is 2.42. The topological polar surface area (TPSA) is 94.1 Å². The van der Waals surface area contributed by atoms with Gasteiger partial charge >= 0.3 is 0 Å². The number of hydrogen-bond acceptors (Lipinski definition) is 5. The number of nitrogens with one attached hydrogen (secondary N) is 2. The van der Waals surface area contributed by atoms with E-state index in [1.807, 2.05) is 0 Å². The molecule has 1 aliphatic carbocycles. The first-order chi connectivity index (χ1) is 15.9. The molecule has 2 aromatic heterocycles. The fourth-order valence-electron chi connectivity index (χ4n) is 4.38. The van der Waals surface area contributed by atoms with Gasteiger partial charge in [-0.1, -0.05) is 6.58 Å². The number of H-pyrrole nitrogens is 1. The molecular weight excluding hydrogens is 432 g/mol. The Kier molecular flexibility index (Phi) is 6.17. The lowest BCUT2D eigenvalue weighted by Crippen LogP contribution is -2.20. The number of ether oxygens (including phenoxy) is 2. The van der Waals surface area contributed by atoms with Gasteiger partial charge in [-0.3, -0.25) is 14.6 Å². The van der Waals surface area contributed by atoms with E-state index in [0.29, 0.717) is 19.3 Å². The molecular formula is C23H25F2N5O3. The van der Waals surface area contributed by atoms with Gasteiger partial charge in [0.1, 0.15) is 5.69 Å². The molecule has 3 aromatic rings. The van der Waals surface area contributed by atoms with Gasteiger partial charge in [0.25, 0.3) is 0 Å². The SMILES string of the molecule is C=CC(=O)NCc1cnn(C)c1-c1n[nH]c2c1CCC(c1c(F)c(OC)cc(OC)c1F)C2. The summed E-state index contributed by atoms with van der Waals surface area (Å²) in [5, 5.41) is 14.6. The molecule has 8 nitrogen and oxygen atoms in total. The van der Waals surface area contributed by atoms with Gasteiger partial charge in [0.15, 0.2) is 23.1 Å². The minimum absolute atomic E-state index is 0.0404. The number of halogens is 2. The van der Waals surface area contributed by atoms with Crippen LogP contribution in [0, 0.1) is 11.6 Å². The van der Waals surface area contributed by atoms with Gasteiger partial charge in [0, 0.05) is 42.0 Å². The van der Waals surface area contributed by atoms with Gasteiger partial charge in [-0.25, -0.2) is 8.78 Å². The summed E-state index contributed by atoms with van der Waals surface area (Å²) >= 11 is 0. The Morgan fingerprint density at radius 3 is 2.67 bits per heavy atom. The van der Waals surface area contributed by atoms with Crippen LogP contribution in [0.3, 0.4) is 0 Å². The molecule has 2 heterocycles. The lowest BCUT2D eigenvalue weighted by atomic mass is 9.81. The maximum Gasteiger partial charge on any atom is 0.243 e. The first kappa shape index (κ1) is 22.5. The molecule has 0 radical (unpaired) electrons. The van der Waals surface area contributed by atoms with Crippen molar-refractivity contribution in [2.24, 2.45) is 7.05 Å². The molecule has 1 atom stereocenters. The van der Waals surface area contributed by atoms with Crippen molar-refractivity contribution >= 4 is 5.91 Å². The van der Waals surface area contributed by atoms with Crippen LogP contribution in [0.1, 0.15) is 34.7 Å². The highest BCUT2D eigenvalue weighted by Gasteiger charge is 2.32. The summed E-state index contributed by atoms with van der Waals surface area (Å²) in [7, 11) is 4.47. The highest BCUT2D eigenvalue weighted by atomic mass is 19.1. The number of carbonyl (C=O) groups excluding carboxylic acids is 1. The normalized spacial score (nSPS) is 15.1. The van der Waals surface area contributed by atoms with Crippen LogP contribution in [-0.2, 0) is 31.2 Å². The van der Waals surface area contributed by atoms with Crippen LogP contribution in [0.25, 0.3) is 11.4 Å². The van der Waals surface area contributed by atoms with Crippen molar-refractivity contribution in [1.82, 2.24) is 25.3 Å². The van der Waals surface area contributed by atoms with Crippen LogP contribution in [0.15, 0.2) is 24.9 Å². The Morgan fingerprint density at radius 1 is 1.33 bits per heavy atom. The van der Waals surface area contributed by atoms with Gasteiger partial charge in [-0.2, -0.15) is 10.2 Å². The third-order valence-corrected chi connectivity index (χ3v) is 6.04. The number of aromatic nitrogens is 4. The molecule has 1 amide bonds. The average Bonchev–Trinajstić information content (AvgIpc) is 3.39. The van der Waals surface area contributed by atoms with Gasteiger partial charge in [0.2, 0.25) is 5.91 Å². The van der Waals surface area contributed by atoms with E-state index >= 15 is 8.78 Å². The highest BCUT2D eigenvalue weighted by molar-refractivity contribution is 5.86. The van der Waals surface area contributed by atoms with Gasteiger partial charge in [-0.05, 0) is 31.3 Å². The van der Waals surface area contributed by atoms with E-state index in [0.717, 1.165) is 28.2 Å². The zero-order valence-corrected chi connectivity index (χ0v) is 18.7. The van der Waals surface area contributed by atoms with Crippen LogP contribution in [0.2, 0.25) is 0 Å². The number of hydrogen-bond donors (Lipinski definition) is 2. The molecule has 0 aliphatic heterocycles. The minimum atomic E-state index is -0.712. The predicted molar refractivity (Wildman–Crippen MR) is 117 cm³/mol. The summed E-state index contributed by atoms with van der Waals surface area (Å²) in [5.41, 5.74) is 4.04. The van der Waals surface area contributed by atoms with Crippen LogP contribution < -0.4 is 14.8 Å². The van der Waals surface area contributed by atoms with E-state index in [-0.39, 0.29) is 29.5 Å². The second-order valence-corrected chi connectivity index (χ2v) is 7.86. The summed E-state index contributed by atoms with van der Waals surface area (Å²) in [6.07, 6.45) is 4.35. The number of carbonyl (C=O) groups is 1. The summed E-state index contributed by atoms with van der Waals surface area (Å²) in [4.78, 5) is 11.6. The first-order valence-electron chi connectivity index (χ1n) is 10.5. The first-order valence-corrected chi connectivity index (χ1v) is 10.5. The molecule has 0 saturated carbocycles. The summed E-state index contributed by atoms with van der Waals surface area (Å²) < 4.78 is 41.9. The Morgan fingerprint density at radius 2 is 2.03 bits per heavy atom. The third-order valence-electron chi connectivity index (χ3n) is 6.04. The number of amides is 1. The predicted octanol–water partition coefficient (Wildman–Crippen LogP) is 3.18. The zero-order chi connectivity index (χ0) is 23.7. The molecule has 1 unspecified atom stereocenters. The van der Waals surface area contributed by atoms with E-state index in [9.17, 15) is 4.79 Å². The van der Waals surface area contributed by atoms with E-state index in [1.54, 1.807) is 17.9 Å². The monoisotopic (exact) mass is 457 g/mol. The number of aromatic amines is 1. The van der Waals surface area contributed by atoms with Crippen LogP contribution >= 0.6 is 0 Å². The van der Waals surface area contributed by atoms with Crippen LogP contribution in [-0.4, -0.2) is 40.1 Å². The fourth-order valence-corrected chi connectivity index (χ4v) is 4.38. The van der Waals surface area contributed by atoms with Crippen molar-refractivity contribution in [3.8, 4) is 22.9 Å². The second-order valence-electron chi connectivity index (χ2n) is 7.86. The third kappa shape index (κ3) is 3.96. The van der Waals surface area contributed by atoms with E-state index in [4.69, 9.17) is 9.47 Å². The number of benzene rings is 1. The Labute approximate surface area is 189 Å². The Bertz CT molecular complexity index is 1190. The maximum absolute atomic E-state index is 15.0. The molecule has 2 N–H and O–H groups in total. The molecule has 33 heavy (non-hydrogen) atoms. The fraction of sp³-hybridized carbons (Fsp3) is 0.348. The largest absolute Gasteiger partial charge is 0.494 e. The van der Waals surface area contributed by atoms with Crippen LogP contribution in [0.4, 0.5) is 8.78 Å². The molecule has 10 heteroatoms. The molecule has 0 bridgehead atoms. The van der Waals surface area contributed by atoms with Crippen molar-refractivity contribution < 1.29 is 23.0 Å². The van der Waals surface area contributed by atoms with Crippen molar-refractivity contribution in [3.05, 3.63) is 58.9 Å². The number of nitrogens with zero attached hydrogens (tertiary/aromatic N) is 3. The molecule has 4 rings (SSSR count). The number of fused-ring (bicyclic) bond motifs is 1. The molecule has 1 aromatic carbocycles. The second kappa shape index (κ2) is 9.05. The standard InChI is InChI=1S/C23H25F2N5O3/c1-5-18(31)26-10-13-11-27-30(2)23(13)22-14-7-6-12(8-15(14)28-29-22)19-20(24)16(32-3)9-17(33-4)21(19)25/h5,9,11-12H,1,6-8,10H2,2-4H3,(H,26,31)(H,28,29). The van der Waals surface area contributed by atoms with Crippen molar-refractivity contribution in [2.75, 3.05) is 14.2 Å². The van der Waals surface area contributed by atoms with Gasteiger partial charge < -0.3 is 14.8 Å². The smallest absolute Gasteiger partial charge is 0.243 e. The van der Waals surface area contributed by atoms with Crippen LogP contribution in [0.5, 0.6) is 11.5 Å². The summed E-state index contributed by atoms with van der Waals surface area (Å²) in [5.74, 6) is -2.23. The van der Waals surface area contributed by atoms with Crippen molar-refractivity contribution in [3.63, 3.8) is 0 Å². The molecule has 174 valence electrons. The summed E-state index contributed by atoms with van der Waals surface area (Å²) in [6.45, 7) is 3.73. The molecule has 0 spiro atoms. The maximum atomic E-state index is 15.0. The minimum Gasteiger partial charge on any atom is -0.494 e. The van der Waals surface area contributed by atoms with Crippen molar-refractivity contribution in [1.29, 1.82) is 0 Å². The number of rotatable bonds is 7. The average molecular weight is 457 g/mol. The number of aryl methyl sites for hydroxylation is 1. The molecule has 0 fully saturated rings. The summed E-state index contributed by atoms with van der Waals surface area (Å²) in [6, 6.07) is 1.21. The number of methoxy groups -OCH3 is 2. The van der Waals surface area contributed by atoms with Crippen molar-refractivity contribution in [2.45, 2.75) is 31.7 Å². The Hall–Kier alpha value is -3.69. The Balaban J connectivity index is 1.67. The lowest BCUT2D eigenvalue weighted by molar-refractivity contribution is -0.116. The lowest BCUT2D eigenvalue weighted by Gasteiger charge is -2.25. The molecule has 1 aliphatic rings. The van der Waals surface area contributed by atoms with Gasteiger partial charge in [0.05, 0.1) is 26.1 Å².